The van der Waals surface area contributed by atoms with Crippen molar-refractivity contribution in [3.63, 3.8) is 0 Å². The van der Waals surface area contributed by atoms with Gasteiger partial charge >= 0.3 is 11.9 Å². The zero-order chi connectivity index (χ0) is 12.5. The lowest BCUT2D eigenvalue weighted by Gasteiger charge is -2.05. The summed E-state index contributed by atoms with van der Waals surface area (Å²) >= 11 is 0. The van der Waals surface area contributed by atoms with Gasteiger partial charge in [0.05, 0.1) is 6.42 Å². The predicted molar refractivity (Wildman–Crippen MR) is 62.3 cm³/mol. The van der Waals surface area contributed by atoms with E-state index in [2.05, 4.69) is 11.3 Å². The third-order valence-electron chi connectivity index (χ3n) is 1.95. The maximum Gasteiger partial charge on any atom is 0.330 e. The maximum absolute atomic E-state index is 11.3. The number of esters is 2. The first-order valence-corrected chi connectivity index (χ1v) is 5.21. The van der Waals surface area contributed by atoms with Crippen molar-refractivity contribution < 1.29 is 19.1 Å². The van der Waals surface area contributed by atoms with E-state index < -0.39 is 5.97 Å². The van der Waals surface area contributed by atoms with Gasteiger partial charge in [0.25, 0.3) is 0 Å². The van der Waals surface area contributed by atoms with Crippen LogP contribution in [0.15, 0.2) is 43.0 Å². The van der Waals surface area contributed by atoms with Crippen LogP contribution in [-0.4, -0.2) is 25.2 Å². The summed E-state index contributed by atoms with van der Waals surface area (Å²) in [7, 11) is 0. The molecular weight excluding hydrogens is 220 g/mol. The minimum absolute atomic E-state index is 0.0470. The molecule has 0 bridgehead atoms. The van der Waals surface area contributed by atoms with Gasteiger partial charge in [-0.3, -0.25) is 4.79 Å². The number of rotatable bonds is 6. The molecule has 0 fully saturated rings. The summed E-state index contributed by atoms with van der Waals surface area (Å²) in [5, 5.41) is 0. The average molecular weight is 234 g/mol. The first-order valence-electron chi connectivity index (χ1n) is 5.21. The smallest absolute Gasteiger partial charge is 0.330 e. The van der Waals surface area contributed by atoms with E-state index in [-0.39, 0.29) is 25.6 Å². The van der Waals surface area contributed by atoms with Crippen LogP contribution < -0.4 is 0 Å². The molecule has 0 saturated heterocycles. The molecule has 0 aliphatic rings. The summed E-state index contributed by atoms with van der Waals surface area (Å²) in [6, 6.07) is 9.28. The lowest BCUT2D eigenvalue weighted by molar-refractivity contribution is -0.149. The van der Waals surface area contributed by atoms with Crippen molar-refractivity contribution in [2.45, 2.75) is 6.42 Å². The van der Waals surface area contributed by atoms with E-state index in [1.165, 1.54) is 0 Å². The fraction of sp³-hybridized carbons (Fsp3) is 0.231. The molecule has 0 spiro atoms. The standard InChI is InChI=1S/C13H14O4/c1-2-12(14)16-8-9-17-13(15)10-11-6-4-3-5-7-11/h2-7H,1,8-10H2. The molecule has 0 aromatic heterocycles. The third-order valence-corrected chi connectivity index (χ3v) is 1.95. The van der Waals surface area contributed by atoms with Crippen LogP contribution in [-0.2, 0) is 25.5 Å². The number of hydrogen-bond acceptors (Lipinski definition) is 4. The summed E-state index contributed by atoms with van der Waals surface area (Å²) in [6.45, 7) is 3.36. The van der Waals surface area contributed by atoms with Crippen LogP contribution in [0.2, 0.25) is 0 Å². The first kappa shape index (κ1) is 13.0. The summed E-state index contributed by atoms with van der Waals surface area (Å²) in [4.78, 5) is 22.0. The molecule has 0 aliphatic carbocycles. The SMILES string of the molecule is C=CC(=O)OCCOC(=O)Cc1ccccc1. The first-order chi connectivity index (χ1) is 8.22. The van der Waals surface area contributed by atoms with Gasteiger partial charge in [-0.2, -0.15) is 0 Å². The highest BCUT2D eigenvalue weighted by molar-refractivity contribution is 5.81. The van der Waals surface area contributed by atoms with Gasteiger partial charge in [0.15, 0.2) is 0 Å². The van der Waals surface area contributed by atoms with Crippen LogP contribution >= 0.6 is 0 Å². The topological polar surface area (TPSA) is 52.6 Å². The third kappa shape index (κ3) is 5.51. The Bertz CT molecular complexity index is 384. The molecule has 1 aromatic carbocycles. The van der Waals surface area contributed by atoms with Gasteiger partial charge in [-0.15, -0.1) is 0 Å². The molecule has 0 unspecified atom stereocenters. The van der Waals surface area contributed by atoms with Gasteiger partial charge in [-0.25, -0.2) is 4.79 Å². The molecule has 0 amide bonds. The Morgan fingerprint density at radius 1 is 1.12 bits per heavy atom. The number of hydrogen-bond donors (Lipinski definition) is 0. The number of carbonyl (C=O) groups excluding carboxylic acids is 2. The van der Waals surface area contributed by atoms with Crippen molar-refractivity contribution in [1.29, 1.82) is 0 Å². The second kappa shape index (κ2) is 7.22. The van der Waals surface area contributed by atoms with Crippen LogP contribution in [0.3, 0.4) is 0 Å². The van der Waals surface area contributed by atoms with E-state index in [1.54, 1.807) is 0 Å². The fourth-order valence-corrected chi connectivity index (χ4v) is 1.17. The molecule has 0 atom stereocenters. The van der Waals surface area contributed by atoms with Gasteiger partial charge < -0.3 is 9.47 Å². The van der Waals surface area contributed by atoms with Gasteiger partial charge in [0.1, 0.15) is 13.2 Å². The number of carbonyl (C=O) groups is 2. The van der Waals surface area contributed by atoms with Crippen LogP contribution in [0.1, 0.15) is 5.56 Å². The van der Waals surface area contributed by atoms with E-state index in [4.69, 9.17) is 4.74 Å². The Morgan fingerprint density at radius 3 is 2.41 bits per heavy atom. The molecular formula is C13H14O4. The quantitative estimate of drug-likeness (QED) is 0.425. The molecule has 4 nitrogen and oxygen atoms in total. The summed E-state index contributed by atoms with van der Waals surface area (Å²) in [6.07, 6.45) is 1.28. The lowest BCUT2D eigenvalue weighted by atomic mass is 10.2. The highest BCUT2D eigenvalue weighted by Gasteiger charge is 2.04. The molecule has 0 aliphatic heterocycles. The van der Waals surface area contributed by atoms with Crippen molar-refractivity contribution >= 4 is 11.9 Å². The van der Waals surface area contributed by atoms with E-state index in [0.29, 0.717) is 0 Å². The van der Waals surface area contributed by atoms with E-state index in [9.17, 15) is 9.59 Å². The molecule has 0 N–H and O–H groups in total. The van der Waals surface area contributed by atoms with Crippen LogP contribution in [0.4, 0.5) is 0 Å². The number of benzene rings is 1. The second-order valence-corrected chi connectivity index (χ2v) is 3.25. The minimum atomic E-state index is -0.524. The highest BCUT2D eigenvalue weighted by Crippen LogP contribution is 2.00. The number of ether oxygens (including phenoxy) is 2. The zero-order valence-corrected chi connectivity index (χ0v) is 9.43. The van der Waals surface area contributed by atoms with Gasteiger partial charge in [-0.05, 0) is 5.56 Å². The van der Waals surface area contributed by atoms with E-state index in [0.717, 1.165) is 11.6 Å². The predicted octanol–water partition coefficient (Wildman–Crippen LogP) is 1.50. The van der Waals surface area contributed by atoms with Gasteiger partial charge in [0.2, 0.25) is 0 Å². The van der Waals surface area contributed by atoms with Crippen molar-refractivity contribution in [1.82, 2.24) is 0 Å². The largest absolute Gasteiger partial charge is 0.462 e. The Balaban J connectivity index is 2.18. The maximum atomic E-state index is 11.3. The molecule has 0 radical (unpaired) electrons. The molecule has 0 heterocycles. The Kier molecular flexibility index (Phi) is 5.51. The zero-order valence-electron chi connectivity index (χ0n) is 9.43. The van der Waals surface area contributed by atoms with Crippen molar-refractivity contribution in [2.75, 3.05) is 13.2 Å². The molecule has 1 aromatic rings. The van der Waals surface area contributed by atoms with Crippen LogP contribution in [0, 0.1) is 0 Å². The van der Waals surface area contributed by atoms with Gasteiger partial charge in [0, 0.05) is 6.08 Å². The summed E-state index contributed by atoms with van der Waals surface area (Å²) in [5.41, 5.74) is 0.889. The normalized spacial score (nSPS) is 9.41. The molecule has 0 saturated carbocycles. The summed E-state index contributed by atoms with van der Waals surface area (Å²) in [5.74, 6) is -0.866. The summed E-state index contributed by atoms with van der Waals surface area (Å²) < 4.78 is 9.55. The monoisotopic (exact) mass is 234 g/mol. The van der Waals surface area contributed by atoms with Crippen molar-refractivity contribution in [2.24, 2.45) is 0 Å². The van der Waals surface area contributed by atoms with E-state index >= 15 is 0 Å². The van der Waals surface area contributed by atoms with Crippen molar-refractivity contribution in [3.05, 3.63) is 48.6 Å². The van der Waals surface area contributed by atoms with Gasteiger partial charge in [-0.1, -0.05) is 36.9 Å². The average Bonchev–Trinajstić information content (AvgIpc) is 2.35. The fourth-order valence-electron chi connectivity index (χ4n) is 1.17. The second-order valence-electron chi connectivity index (χ2n) is 3.25. The van der Waals surface area contributed by atoms with Crippen LogP contribution in [0.5, 0.6) is 0 Å². The molecule has 90 valence electrons. The minimum Gasteiger partial charge on any atom is -0.462 e. The highest BCUT2D eigenvalue weighted by atomic mass is 16.6. The molecule has 17 heavy (non-hydrogen) atoms. The molecule has 4 heteroatoms. The lowest BCUT2D eigenvalue weighted by Crippen LogP contribution is -2.14. The Hall–Kier alpha value is -2.10. The van der Waals surface area contributed by atoms with E-state index in [1.807, 2.05) is 30.3 Å². The molecule has 1 rings (SSSR count). The Labute approximate surface area is 99.8 Å². The Morgan fingerprint density at radius 2 is 1.76 bits per heavy atom. The van der Waals surface area contributed by atoms with Crippen molar-refractivity contribution in [3.8, 4) is 0 Å². The van der Waals surface area contributed by atoms with Crippen LogP contribution in [0.25, 0.3) is 0 Å².